The largest absolute Gasteiger partial charge is 0.444 e. The van der Waals surface area contributed by atoms with Crippen LogP contribution in [-0.4, -0.2) is 22.6 Å². The van der Waals surface area contributed by atoms with Crippen LogP contribution in [0.1, 0.15) is 43.9 Å². The lowest BCUT2D eigenvalue weighted by atomic mass is 10.2. The molecule has 0 unspecified atom stereocenters. The third-order valence-corrected chi connectivity index (χ3v) is 1.73. The Morgan fingerprint density at radius 1 is 1.47 bits per heavy atom. The summed E-state index contributed by atoms with van der Waals surface area (Å²) in [6, 6.07) is 1.49. The van der Waals surface area contributed by atoms with Gasteiger partial charge in [-0.3, -0.25) is 4.79 Å². The molecule has 1 heterocycles. The summed E-state index contributed by atoms with van der Waals surface area (Å²) in [6.45, 7) is 6.84. The highest BCUT2D eigenvalue weighted by Gasteiger charge is 2.16. The Hall–Kier alpha value is -1.85. The van der Waals surface area contributed by atoms with Gasteiger partial charge in [0.2, 0.25) is 0 Å². The molecule has 0 atom stereocenters. The summed E-state index contributed by atoms with van der Waals surface area (Å²) in [4.78, 5) is 22.3. The number of hydrogen-bond donors (Lipinski definition) is 1. The number of amides is 1. The summed E-state index contributed by atoms with van der Waals surface area (Å²) in [5, 5.41) is 6.05. The number of hydrogen-bond acceptors (Lipinski definition) is 5. The molecule has 0 aromatic carbocycles. The van der Waals surface area contributed by atoms with Crippen LogP contribution in [0.4, 0.5) is 4.79 Å². The van der Waals surface area contributed by atoms with Crippen LogP contribution in [0.5, 0.6) is 0 Å². The van der Waals surface area contributed by atoms with Crippen molar-refractivity contribution in [1.82, 2.24) is 10.5 Å². The quantitative estimate of drug-likeness (QED) is 0.816. The molecular weight excluding hydrogens is 224 g/mol. The van der Waals surface area contributed by atoms with Crippen LogP contribution in [0.15, 0.2) is 10.6 Å². The maximum Gasteiger partial charge on any atom is 0.408 e. The second-order valence-electron chi connectivity index (χ2n) is 4.59. The smallest absolute Gasteiger partial charge is 0.408 e. The van der Waals surface area contributed by atoms with Gasteiger partial charge in [0, 0.05) is 13.0 Å². The Morgan fingerprint density at radius 2 is 2.12 bits per heavy atom. The van der Waals surface area contributed by atoms with Gasteiger partial charge >= 0.3 is 6.09 Å². The van der Waals surface area contributed by atoms with Crippen LogP contribution in [0.25, 0.3) is 0 Å². The first-order valence-corrected chi connectivity index (χ1v) is 5.21. The Kier molecular flexibility index (Phi) is 3.88. The summed E-state index contributed by atoms with van der Waals surface area (Å²) in [6.07, 6.45) is -0.543. The molecule has 94 valence electrons. The summed E-state index contributed by atoms with van der Waals surface area (Å²) in [5.41, 5.74) is -0.304. The highest BCUT2D eigenvalue weighted by Crippen LogP contribution is 2.07. The molecule has 1 N–H and O–H groups in total. The molecule has 0 radical (unpaired) electrons. The van der Waals surface area contributed by atoms with E-state index >= 15 is 0 Å². The monoisotopic (exact) mass is 240 g/mol. The lowest BCUT2D eigenvalue weighted by Crippen LogP contribution is -2.32. The fourth-order valence-corrected chi connectivity index (χ4v) is 1.04. The SMILES string of the molecule is CC(=O)c1cc(CNC(=O)OC(C)(C)C)on1. The van der Waals surface area contributed by atoms with E-state index in [-0.39, 0.29) is 18.0 Å². The van der Waals surface area contributed by atoms with Crippen molar-refractivity contribution in [3.63, 3.8) is 0 Å². The van der Waals surface area contributed by atoms with E-state index in [0.29, 0.717) is 5.76 Å². The standard InChI is InChI=1S/C11H16N2O4/c1-7(14)9-5-8(17-13-9)6-12-10(15)16-11(2,3)4/h5H,6H2,1-4H3,(H,12,15). The van der Waals surface area contributed by atoms with Crippen LogP contribution < -0.4 is 5.32 Å². The lowest BCUT2D eigenvalue weighted by molar-refractivity contribution is 0.0518. The van der Waals surface area contributed by atoms with Crippen molar-refractivity contribution in [1.29, 1.82) is 0 Å². The molecule has 0 spiro atoms. The number of rotatable bonds is 3. The van der Waals surface area contributed by atoms with Crippen molar-refractivity contribution < 1.29 is 18.8 Å². The van der Waals surface area contributed by atoms with Gasteiger partial charge in [-0.2, -0.15) is 0 Å². The summed E-state index contributed by atoms with van der Waals surface area (Å²) in [5.74, 6) is 0.221. The van der Waals surface area contributed by atoms with Crippen LogP contribution >= 0.6 is 0 Å². The predicted octanol–water partition coefficient (Wildman–Crippen LogP) is 1.90. The first-order chi connectivity index (χ1) is 7.78. The lowest BCUT2D eigenvalue weighted by Gasteiger charge is -2.19. The number of aromatic nitrogens is 1. The third-order valence-electron chi connectivity index (χ3n) is 1.73. The zero-order valence-electron chi connectivity index (χ0n) is 10.4. The van der Waals surface area contributed by atoms with E-state index in [2.05, 4.69) is 10.5 Å². The average molecular weight is 240 g/mol. The van der Waals surface area contributed by atoms with Gasteiger partial charge in [-0.1, -0.05) is 5.16 Å². The molecule has 0 aliphatic carbocycles. The van der Waals surface area contributed by atoms with E-state index in [1.807, 2.05) is 0 Å². The fraction of sp³-hybridized carbons (Fsp3) is 0.545. The average Bonchev–Trinajstić information content (AvgIpc) is 2.60. The van der Waals surface area contributed by atoms with Gasteiger partial charge in [-0.25, -0.2) is 4.79 Å². The van der Waals surface area contributed by atoms with Gasteiger partial charge in [0.25, 0.3) is 0 Å². The van der Waals surface area contributed by atoms with Gasteiger partial charge in [0.05, 0.1) is 6.54 Å². The van der Waals surface area contributed by atoms with Crippen LogP contribution in [0.2, 0.25) is 0 Å². The second-order valence-corrected chi connectivity index (χ2v) is 4.59. The highest BCUT2D eigenvalue weighted by molar-refractivity contribution is 5.91. The van der Waals surface area contributed by atoms with Crippen molar-refractivity contribution in [3.05, 3.63) is 17.5 Å². The maximum atomic E-state index is 11.3. The number of Topliss-reactive ketones (excluding diaryl/α,β-unsaturated/α-hetero) is 1. The van der Waals surface area contributed by atoms with Crippen LogP contribution in [-0.2, 0) is 11.3 Å². The number of ether oxygens (including phenoxy) is 1. The minimum atomic E-state index is -0.546. The molecule has 0 saturated carbocycles. The first kappa shape index (κ1) is 13.2. The van der Waals surface area contributed by atoms with Gasteiger partial charge < -0.3 is 14.6 Å². The number of nitrogens with zero attached hydrogens (tertiary/aromatic N) is 1. The predicted molar refractivity (Wildman–Crippen MR) is 59.6 cm³/mol. The highest BCUT2D eigenvalue weighted by atomic mass is 16.6. The van der Waals surface area contributed by atoms with E-state index in [1.165, 1.54) is 13.0 Å². The van der Waals surface area contributed by atoms with Gasteiger partial charge in [0.1, 0.15) is 11.3 Å². The second kappa shape index (κ2) is 4.99. The number of nitrogens with one attached hydrogen (secondary N) is 1. The molecule has 6 heteroatoms. The minimum Gasteiger partial charge on any atom is -0.444 e. The molecule has 1 aromatic heterocycles. The third kappa shape index (κ3) is 4.67. The summed E-state index contributed by atoms with van der Waals surface area (Å²) < 4.78 is 9.90. The van der Waals surface area contributed by atoms with Crippen LogP contribution in [0.3, 0.4) is 0 Å². The van der Waals surface area contributed by atoms with E-state index < -0.39 is 11.7 Å². The molecule has 0 saturated heterocycles. The van der Waals surface area contributed by atoms with Crippen molar-refractivity contribution in [2.75, 3.05) is 0 Å². The maximum absolute atomic E-state index is 11.3. The fourth-order valence-electron chi connectivity index (χ4n) is 1.04. The van der Waals surface area contributed by atoms with E-state index in [0.717, 1.165) is 0 Å². The Labute approximate surface area is 99.3 Å². The molecular formula is C11H16N2O4. The van der Waals surface area contributed by atoms with Crippen molar-refractivity contribution in [3.8, 4) is 0 Å². The van der Waals surface area contributed by atoms with Gasteiger partial charge in [0.15, 0.2) is 11.5 Å². The normalized spacial score (nSPS) is 11.1. The van der Waals surface area contributed by atoms with E-state index in [1.54, 1.807) is 20.8 Å². The van der Waals surface area contributed by atoms with Gasteiger partial charge in [-0.05, 0) is 20.8 Å². The van der Waals surface area contributed by atoms with Crippen molar-refractivity contribution in [2.45, 2.75) is 39.8 Å². The van der Waals surface area contributed by atoms with Crippen LogP contribution in [0, 0.1) is 0 Å². The number of carbonyl (C=O) groups is 2. The molecule has 17 heavy (non-hydrogen) atoms. The zero-order valence-corrected chi connectivity index (χ0v) is 10.4. The van der Waals surface area contributed by atoms with Crippen molar-refractivity contribution in [2.24, 2.45) is 0 Å². The minimum absolute atomic E-state index is 0.134. The molecule has 6 nitrogen and oxygen atoms in total. The molecule has 0 bridgehead atoms. The zero-order chi connectivity index (χ0) is 13.1. The summed E-state index contributed by atoms with van der Waals surface area (Å²) in [7, 11) is 0. The number of ketones is 1. The molecule has 0 aliphatic heterocycles. The Balaban J connectivity index is 2.45. The molecule has 0 aliphatic rings. The first-order valence-electron chi connectivity index (χ1n) is 5.21. The van der Waals surface area contributed by atoms with Gasteiger partial charge in [-0.15, -0.1) is 0 Å². The van der Waals surface area contributed by atoms with Crippen molar-refractivity contribution >= 4 is 11.9 Å². The molecule has 1 amide bonds. The Morgan fingerprint density at radius 3 is 2.59 bits per heavy atom. The number of alkyl carbamates (subject to hydrolysis) is 1. The molecule has 1 rings (SSSR count). The molecule has 0 fully saturated rings. The number of carbonyl (C=O) groups excluding carboxylic acids is 2. The Bertz CT molecular complexity index is 417. The molecule has 1 aromatic rings. The topological polar surface area (TPSA) is 81.4 Å². The van der Waals surface area contributed by atoms with E-state index in [4.69, 9.17) is 9.26 Å². The van der Waals surface area contributed by atoms with E-state index in [9.17, 15) is 9.59 Å². The summed E-state index contributed by atoms with van der Waals surface area (Å²) >= 11 is 0.